The molecule has 2 atom stereocenters. The van der Waals surface area contributed by atoms with E-state index >= 15 is 0 Å². The zero-order valence-electron chi connectivity index (χ0n) is 41.3. The first-order valence-electron chi connectivity index (χ1n) is 27.9. The average Bonchev–Trinajstić information content (AvgIpc) is 3.25. The lowest BCUT2D eigenvalue weighted by molar-refractivity contribution is -0.123. The van der Waals surface area contributed by atoms with Gasteiger partial charge in [-0.05, 0) is 38.5 Å². The fraction of sp³-hybridized carbons (Fsp3) is 0.946. The van der Waals surface area contributed by atoms with Gasteiger partial charge in [0.1, 0.15) is 0 Å². The van der Waals surface area contributed by atoms with Crippen LogP contribution in [0.15, 0.2) is 12.2 Å². The van der Waals surface area contributed by atoms with Crippen molar-refractivity contribution in [2.24, 2.45) is 0 Å². The number of carbonyl (C=O) groups is 1. The molecular formula is C56H111NO3. The molecule has 0 rings (SSSR count). The monoisotopic (exact) mass is 846 g/mol. The highest BCUT2D eigenvalue weighted by Gasteiger charge is 2.20. The predicted octanol–water partition coefficient (Wildman–Crippen LogP) is 18.1. The molecule has 0 fully saturated rings. The number of rotatable bonds is 52. The third kappa shape index (κ3) is 48.2. The van der Waals surface area contributed by atoms with Gasteiger partial charge in [-0.1, -0.05) is 289 Å². The Morgan fingerprint density at radius 2 is 0.633 bits per heavy atom. The summed E-state index contributed by atoms with van der Waals surface area (Å²) in [6.07, 6.45) is 68.2. The molecule has 60 heavy (non-hydrogen) atoms. The van der Waals surface area contributed by atoms with Gasteiger partial charge >= 0.3 is 0 Å². The van der Waals surface area contributed by atoms with Crippen molar-refractivity contribution >= 4 is 5.91 Å². The molecule has 0 bridgehead atoms. The van der Waals surface area contributed by atoms with Crippen LogP contribution in [0.5, 0.6) is 0 Å². The molecule has 3 N–H and O–H groups in total. The van der Waals surface area contributed by atoms with E-state index in [1.54, 1.807) is 0 Å². The highest BCUT2D eigenvalue weighted by molar-refractivity contribution is 5.76. The van der Waals surface area contributed by atoms with Gasteiger partial charge in [-0.15, -0.1) is 0 Å². The molecule has 0 saturated carbocycles. The molecule has 0 aliphatic heterocycles. The van der Waals surface area contributed by atoms with Gasteiger partial charge in [0.25, 0.3) is 0 Å². The van der Waals surface area contributed by atoms with Crippen LogP contribution in [0.1, 0.15) is 322 Å². The molecule has 358 valence electrons. The number of carbonyl (C=O) groups excluding carboxylic acids is 1. The molecule has 0 aromatic rings. The average molecular weight is 847 g/mol. The largest absolute Gasteiger partial charge is 0.394 e. The number of allylic oxidation sites excluding steroid dienone is 2. The van der Waals surface area contributed by atoms with Gasteiger partial charge in [-0.25, -0.2) is 0 Å². The van der Waals surface area contributed by atoms with Crippen LogP contribution < -0.4 is 5.32 Å². The number of unbranched alkanes of at least 4 members (excludes halogenated alkanes) is 43. The lowest BCUT2D eigenvalue weighted by Crippen LogP contribution is -2.45. The third-order valence-corrected chi connectivity index (χ3v) is 13.3. The summed E-state index contributed by atoms with van der Waals surface area (Å²) in [4.78, 5) is 12.4. The Kier molecular flexibility index (Phi) is 51.7. The number of hydrogen-bond acceptors (Lipinski definition) is 3. The summed E-state index contributed by atoms with van der Waals surface area (Å²) in [6.45, 7) is 4.34. The normalized spacial score (nSPS) is 12.8. The summed E-state index contributed by atoms with van der Waals surface area (Å²) in [6, 6.07) is -0.528. The van der Waals surface area contributed by atoms with Gasteiger partial charge in [-0.3, -0.25) is 4.79 Å². The van der Waals surface area contributed by atoms with Crippen molar-refractivity contribution in [2.75, 3.05) is 6.61 Å². The molecule has 0 aromatic heterocycles. The van der Waals surface area contributed by atoms with Crippen molar-refractivity contribution < 1.29 is 15.0 Å². The number of aliphatic hydroxyl groups is 2. The minimum atomic E-state index is -0.652. The Morgan fingerprint density at radius 3 is 0.917 bits per heavy atom. The first-order chi connectivity index (χ1) is 29.7. The maximum Gasteiger partial charge on any atom is 0.220 e. The van der Waals surface area contributed by atoms with Gasteiger partial charge in [0, 0.05) is 6.42 Å². The Hall–Kier alpha value is -0.870. The predicted molar refractivity (Wildman–Crippen MR) is 267 cm³/mol. The van der Waals surface area contributed by atoms with Gasteiger partial charge in [0.05, 0.1) is 18.8 Å². The van der Waals surface area contributed by atoms with Crippen molar-refractivity contribution in [3.05, 3.63) is 12.2 Å². The van der Waals surface area contributed by atoms with Gasteiger partial charge in [-0.2, -0.15) is 0 Å². The molecule has 4 nitrogen and oxygen atoms in total. The van der Waals surface area contributed by atoms with Crippen LogP contribution in [0.2, 0.25) is 0 Å². The van der Waals surface area contributed by atoms with Crippen LogP contribution >= 0.6 is 0 Å². The summed E-state index contributed by atoms with van der Waals surface area (Å²) in [5, 5.41) is 23.0. The zero-order valence-corrected chi connectivity index (χ0v) is 41.3. The molecule has 1 amide bonds. The maximum absolute atomic E-state index is 12.4. The molecule has 2 unspecified atom stereocenters. The van der Waals surface area contributed by atoms with E-state index in [1.165, 1.54) is 270 Å². The highest BCUT2D eigenvalue weighted by Crippen LogP contribution is 2.18. The number of nitrogens with one attached hydrogen (secondary N) is 1. The maximum atomic E-state index is 12.4. The van der Waals surface area contributed by atoms with Gasteiger partial charge in [0.15, 0.2) is 0 Å². The standard InChI is InChI=1S/C56H111NO3/c1-3-5-7-9-11-12-13-14-15-16-17-18-19-20-21-22-23-24-25-26-27-28-29-30-31-32-33-34-35-36-37-38-39-40-41-42-43-44-46-48-50-52-56(60)57-54(53-58)55(59)51-49-47-45-10-8-6-4-2/h16-17,54-55,58-59H,3-15,18-53H2,1-2H3,(H,57,60)/b17-16-. The van der Waals surface area contributed by atoms with Crippen molar-refractivity contribution in [3.8, 4) is 0 Å². The topological polar surface area (TPSA) is 69.6 Å². The van der Waals surface area contributed by atoms with Crippen molar-refractivity contribution in [3.63, 3.8) is 0 Å². The smallest absolute Gasteiger partial charge is 0.220 e. The fourth-order valence-corrected chi connectivity index (χ4v) is 9.01. The first kappa shape index (κ1) is 59.1. The minimum Gasteiger partial charge on any atom is -0.394 e. The van der Waals surface area contributed by atoms with Crippen molar-refractivity contribution in [1.82, 2.24) is 5.32 Å². The molecule has 0 aliphatic rings. The Bertz CT molecular complexity index is 829. The second kappa shape index (κ2) is 52.5. The van der Waals surface area contributed by atoms with Crippen LogP contribution in [-0.4, -0.2) is 34.9 Å². The van der Waals surface area contributed by atoms with Gasteiger partial charge < -0.3 is 15.5 Å². The van der Waals surface area contributed by atoms with Crippen molar-refractivity contribution in [1.29, 1.82) is 0 Å². The van der Waals surface area contributed by atoms with E-state index in [0.29, 0.717) is 12.8 Å². The molecule has 0 aliphatic carbocycles. The molecule has 0 aromatic carbocycles. The number of hydrogen-bond donors (Lipinski definition) is 3. The van der Waals surface area contributed by atoms with Gasteiger partial charge in [0.2, 0.25) is 5.91 Å². The number of aliphatic hydroxyl groups excluding tert-OH is 2. The summed E-state index contributed by atoms with van der Waals surface area (Å²) in [7, 11) is 0. The van der Waals surface area contributed by atoms with E-state index in [4.69, 9.17) is 0 Å². The molecule has 0 spiro atoms. The fourth-order valence-electron chi connectivity index (χ4n) is 9.01. The zero-order chi connectivity index (χ0) is 43.5. The SMILES string of the molecule is CCCCCCCCCC/C=C\CCCCCCCCCCCCCCCCCCCCCCCCCCCCCCCC(=O)NC(CO)C(O)CCCCCCCCC. The first-order valence-corrected chi connectivity index (χ1v) is 27.9. The lowest BCUT2D eigenvalue weighted by atomic mass is 10.0. The van der Waals surface area contributed by atoms with E-state index in [2.05, 4.69) is 31.3 Å². The molecule has 0 radical (unpaired) electrons. The van der Waals surface area contributed by atoms with Crippen LogP contribution in [0.4, 0.5) is 0 Å². The summed E-state index contributed by atoms with van der Waals surface area (Å²) in [5.74, 6) is -0.0292. The quantitative estimate of drug-likeness (QED) is 0.0422. The molecule has 0 saturated heterocycles. The molecule has 0 heterocycles. The molecular weight excluding hydrogens is 735 g/mol. The van der Waals surface area contributed by atoms with E-state index in [9.17, 15) is 15.0 Å². The van der Waals surface area contributed by atoms with E-state index in [-0.39, 0.29) is 12.5 Å². The van der Waals surface area contributed by atoms with Crippen LogP contribution in [0.25, 0.3) is 0 Å². The third-order valence-electron chi connectivity index (χ3n) is 13.3. The minimum absolute atomic E-state index is 0.0292. The Morgan fingerprint density at radius 1 is 0.383 bits per heavy atom. The Balaban J connectivity index is 3.26. The summed E-state index contributed by atoms with van der Waals surface area (Å²) in [5.41, 5.74) is 0. The summed E-state index contributed by atoms with van der Waals surface area (Å²) >= 11 is 0. The van der Waals surface area contributed by atoms with E-state index in [1.807, 2.05) is 0 Å². The van der Waals surface area contributed by atoms with E-state index < -0.39 is 12.1 Å². The van der Waals surface area contributed by atoms with Crippen LogP contribution in [-0.2, 0) is 4.79 Å². The van der Waals surface area contributed by atoms with Crippen LogP contribution in [0.3, 0.4) is 0 Å². The Labute approximate surface area is 377 Å². The second-order valence-corrected chi connectivity index (χ2v) is 19.4. The summed E-state index contributed by atoms with van der Waals surface area (Å²) < 4.78 is 0. The van der Waals surface area contributed by atoms with Crippen molar-refractivity contribution in [2.45, 2.75) is 334 Å². The molecule has 4 heteroatoms. The highest BCUT2D eigenvalue weighted by atomic mass is 16.3. The van der Waals surface area contributed by atoms with E-state index in [0.717, 1.165) is 25.7 Å². The second-order valence-electron chi connectivity index (χ2n) is 19.4. The van der Waals surface area contributed by atoms with Crippen LogP contribution in [0, 0.1) is 0 Å². The lowest BCUT2D eigenvalue weighted by Gasteiger charge is -2.22. The number of amides is 1.